The summed E-state index contributed by atoms with van der Waals surface area (Å²) < 4.78 is 51.7. The van der Waals surface area contributed by atoms with Gasteiger partial charge in [0.15, 0.2) is 0 Å². The molecular weight excluding hydrogens is 328 g/mol. The normalized spacial score (nSPS) is 22.2. The summed E-state index contributed by atoms with van der Waals surface area (Å²) in [5, 5.41) is 8.92. The number of carbonyl (C=O) groups is 1. The molecule has 1 fully saturated rings. The second kappa shape index (κ2) is 7.35. The van der Waals surface area contributed by atoms with Crippen LogP contribution < -0.4 is 4.72 Å². The van der Waals surface area contributed by atoms with Crippen molar-refractivity contribution in [1.29, 1.82) is 0 Å². The van der Waals surface area contributed by atoms with Crippen LogP contribution in [-0.2, 0) is 20.6 Å². The maximum atomic E-state index is 12.5. The van der Waals surface area contributed by atoms with Crippen LogP contribution in [0.4, 0.5) is 8.78 Å². The van der Waals surface area contributed by atoms with E-state index < -0.39 is 28.3 Å². The van der Waals surface area contributed by atoms with Gasteiger partial charge in [-0.3, -0.25) is 4.79 Å². The van der Waals surface area contributed by atoms with Crippen molar-refractivity contribution in [3.63, 3.8) is 0 Å². The van der Waals surface area contributed by atoms with Gasteiger partial charge in [0, 0.05) is 11.6 Å². The molecule has 2 rings (SSSR count). The van der Waals surface area contributed by atoms with Gasteiger partial charge in [0.05, 0.1) is 11.7 Å². The molecule has 0 spiro atoms. The largest absolute Gasteiger partial charge is 0.481 e. The minimum absolute atomic E-state index is 0.147. The van der Waals surface area contributed by atoms with E-state index in [1.165, 1.54) is 24.3 Å². The zero-order valence-electron chi connectivity index (χ0n) is 12.4. The summed E-state index contributed by atoms with van der Waals surface area (Å²) >= 11 is 0. The van der Waals surface area contributed by atoms with Crippen LogP contribution in [0.25, 0.3) is 0 Å². The molecule has 0 aliphatic heterocycles. The molecule has 1 aliphatic rings. The van der Waals surface area contributed by atoms with Crippen LogP contribution in [-0.4, -0.2) is 25.5 Å². The summed E-state index contributed by atoms with van der Waals surface area (Å²) in [6, 6.07) is 4.92. The van der Waals surface area contributed by atoms with Crippen molar-refractivity contribution < 1.29 is 27.1 Å². The highest BCUT2D eigenvalue weighted by Gasteiger charge is 2.28. The third kappa shape index (κ3) is 5.24. The van der Waals surface area contributed by atoms with Crippen molar-refractivity contribution in [3.05, 3.63) is 35.4 Å². The Labute approximate surface area is 133 Å². The molecule has 1 aromatic rings. The summed E-state index contributed by atoms with van der Waals surface area (Å²) in [5.74, 6) is -1.53. The Hall–Kier alpha value is -1.54. The summed E-state index contributed by atoms with van der Waals surface area (Å²) in [4.78, 5) is 10.9. The van der Waals surface area contributed by atoms with E-state index >= 15 is 0 Å². The lowest BCUT2D eigenvalue weighted by atomic mass is 9.87. The van der Waals surface area contributed by atoms with E-state index in [1.807, 2.05) is 0 Å². The molecule has 5 nitrogen and oxygen atoms in total. The molecule has 0 unspecified atom stereocenters. The molecule has 0 aromatic heterocycles. The van der Waals surface area contributed by atoms with Gasteiger partial charge in [-0.25, -0.2) is 21.9 Å². The van der Waals surface area contributed by atoms with Crippen molar-refractivity contribution in [2.45, 2.75) is 43.9 Å². The number of halogens is 2. The zero-order chi connectivity index (χ0) is 17.0. The van der Waals surface area contributed by atoms with E-state index in [1.54, 1.807) is 0 Å². The molecule has 1 aliphatic carbocycles. The topological polar surface area (TPSA) is 83.5 Å². The van der Waals surface area contributed by atoms with E-state index in [0.29, 0.717) is 31.2 Å². The number of alkyl halides is 2. The summed E-state index contributed by atoms with van der Waals surface area (Å²) in [5.41, 5.74) is 0.284. The molecule has 23 heavy (non-hydrogen) atoms. The quantitative estimate of drug-likeness (QED) is 0.829. The van der Waals surface area contributed by atoms with Gasteiger partial charge in [-0.1, -0.05) is 24.3 Å². The molecule has 0 radical (unpaired) electrons. The Balaban J connectivity index is 1.91. The number of carboxylic acids is 1. The fraction of sp³-hybridized carbons (Fsp3) is 0.533. The maximum absolute atomic E-state index is 12.5. The summed E-state index contributed by atoms with van der Waals surface area (Å²) in [6.45, 7) is 0. The fourth-order valence-corrected chi connectivity index (χ4v) is 4.19. The first-order valence-corrected chi connectivity index (χ1v) is 9.02. The predicted octanol–water partition coefficient (Wildman–Crippen LogP) is 2.69. The van der Waals surface area contributed by atoms with Gasteiger partial charge in [0.2, 0.25) is 10.0 Å². The SMILES string of the molecule is O=C(O)C1CCC(NS(=O)(=O)Cc2ccc(C(F)F)cc2)CC1. The first-order chi connectivity index (χ1) is 10.8. The average Bonchev–Trinajstić information content (AvgIpc) is 2.47. The number of sulfonamides is 1. The molecule has 8 heteroatoms. The molecule has 1 aromatic carbocycles. The molecule has 128 valence electrons. The summed E-state index contributed by atoms with van der Waals surface area (Å²) in [7, 11) is -3.59. The van der Waals surface area contributed by atoms with Crippen molar-refractivity contribution >= 4 is 16.0 Å². The highest BCUT2D eigenvalue weighted by atomic mass is 32.2. The van der Waals surface area contributed by atoms with Crippen molar-refractivity contribution in [2.24, 2.45) is 5.92 Å². The van der Waals surface area contributed by atoms with Crippen molar-refractivity contribution in [3.8, 4) is 0 Å². The number of hydrogen-bond acceptors (Lipinski definition) is 3. The molecule has 0 amide bonds. The van der Waals surface area contributed by atoms with Crippen LogP contribution >= 0.6 is 0 Å². The number of benzene rings is 1. The number of nitrogens with one attached hydrogen (secondary N) is 1. The number of aliphatic carboxylic acids is 1. The van der Waals surface area contributed by atoms with Gasteiger partial charge in [-0.05, 0) is 31.2 Å². The summed E-state index contributed by atoms with van der Waals surface area (Å²) in [6.07, 6.45) is -0.707. The first-order valence-electron chi connectivity index (χ1n) is 7.36. The van der Waals surface area contributed by atoms with Gasteiger partial charge < -0.3 is 5.11 Å². The van der Waals surface area contributed by atoms with Gasteiger partial charge in [-0.2, -0.15) is 0 Å². The Morgan fingerprint density at radius 2 is 1.74 bits per heavy atom. The molecular formula is C15H19F2NO4S. The average molecular weight is 347 g/mol. The van der Waals surface area contributed by atoms with Crippen LogP contribution in [0.15, 0.2) is 24.3 Å². The fourth-order valence-electron chi connectivity index (χ4n) is 2.73. The highest BCUT2D eigenvalue weighted by molar-refractivity contribution is 7.88. The second-order valence-corrected chi connectivity index (χ2v) is 7.56. The highest BCUT2D eigenvalue weighted by Crippen LogP contribution is 2.25. The Bertz CT molecular complexity index is 638. The minimum Gasteiger partial charge on any atom is -0.481 e. The van der Waals surface area contributed by atoms with Crippen LogP contribution in [0.3, 0.4) is 0 Å². The molecule has 2 N–H and O–H groups in total. The van der Waals surface area contributed by atoms with E-state index in [4.69, 9.17) is 5.11 Å². The van der Waals surface area contributed by atoms with Crippen LogP contribution in [0.5, 0.6) is 0 Å². The lowest BCUT2D eigenvalue weighted by Crippen LogP contribution is -2.39. The van der Waals surface area contributed by atoms with Crippen LogP contribution in [0, 0.1) is 5.92 Å². The molecule has 0 heterocycles. The van der Waals surface area contributed by atoms with E-state index in [-0.39, 0.29) is 17.4 Å². The number of hydrogen-bond donors (Lipinski definition) is 2. The Morgan fingerprint density at radius 1 is 1.17 bits per heavy atom. The molecule has 0 saturated heterocycles. The molecule has 0 bridgehead atoms. The minimum atomic E-state index is -3.59. The lowest BCUT2D eigenvalue weighted by Gasteiger charge is -2.26. The van der Waals surface area contributed by atoms with E-state index in [9.17, 15) is 22.0 Å². The van der Waals surface area contributed by atoms with Crippen molar-refractivity contribution in [2.75, 3.05) is 0 Å². The smallest absolute Gasteiger partial charge is 0.306 e. The Morgan fingerprint density at radius 3 is 2.22 bits per heavy atom. The first kappa shape index (κ1) is 17.8. The predicted molar refractivity (Wildman–Crippen MR) is 80.5 cm³/mol. The van der Waals surface area contributed by atoms with Crippen molar-refractivity contribution in [1.82, 2.24) is 4.72 Å². The number of carboxylic acid groups (broad SMARTS) is 1. The second-order valence-electron chi connectivity index (χ2n) is 5.81. The van der Waals surface area contributed by atoms with Gasteiger partial charge in [0.25, 0.3) is 6.43 Å². The van der Waals surface area contributed by atoms with Gasteiger partial charge in [-0.15, -0.1) is 0 Å². The lowest BCUT2D eigenvalue weighted by molar-refractivity contribution is -0.142. The number of rotatable bonds is 6. The van der Waals surface area contributed by atoms with Crippen LogP contribution in [0.1, 0.15) is 43.2 Å². The zero-order valence-corrected chi connectivity index (χ0v) is 13.2. The third-order valence-electron chi connectivity index (χ3n) is 4.01. The van der Waals surface area contributed by atoms with Gasteiger partial charge >= 0.3 is 5.97 Å². The maximum Gasteiger partial charge on any atom is 0.306 e. The third-order valence-corrected chi connectivity index (χ3v) is 5.42. The molecule has 0 atom stereocenters. The van der Waals surface area contributed by atoms with Crippen LogP contribution in [0.2, 0.25) is 0 Å². The monoisotopic (exact) mass is 347 g/mol. The van der Waals surface area contributed by atoms with Gasteiger partial charge in [0.1, 0.15) is 0 Å². The molecule has 1 saturated carbocycles. The van der Waals surface area contributed by atoms with E-state index in [2.05, 4.69) is 4.72 Å². The standard InChI is InChI=1S/C15H19F2NO4S/c16-14(17)11-3-1-10(2-4-11)9-23(21,22)18-13-7-5-12(6-8-13)15(19)20/h1-4,12-14,18H,5-9H2,(H,19,20). The van der Waals surface area contributed by atoms with E-state index in [0.717, 1.165) is 0 Å². The Kier molecular flexibility index (Phi) is 5.69.